The number of rotatable bonds is 3. The highest BCUT2D eigenvalue weighted by Gasteiger charge is 2.42. The van der Waals surface area contributed by atoms with Crippen LogP contribution < -0.4 is 4.74 Å². The zero-order chi connectivity index (χ0) is 17.8. The third-order valence-corrected chi connectivity index (χ3v) is 5.02. The highest BCUT2D eigenvalue weighted by atomic mass is 16.5. The molecule has 8 heteroatoms. The molecule has 0 saturated carbocycles. The summed E-state index contributed by atoms with van der Waals surface area (Å²) in [6.45, 7) is 1.95. The van der Waals surface area contributed by atoms with Crippen LogP contribution in [0.3, 0.4) is 0 Å². The van der Waals surface area contributed by atoms with E-state index in [2.05, 4.69) is 19.9 Å². The van der Waals surface area contributed by atoms with Crippen LogP contribution in [0.25, 0.3) is 0 Å². The van der Waals surface area contributed by atoms with Crippen molar-refractivity contribution in [1.29, 1.82) is 0 Å². The van der Waals surface area contributed by atoms with Gasteiger partial charge in [0.25, 0.3) is 5.91 Å². The Hall–Kier alpha value is -2.61. The molecule has 2 aliphatic rings. The van der Waals surface area contributed by atoms with E-state index in [-0.39, 0.29) is 17.6 Å². The van der Waals surface area contributed by atoms with Crippen LogP contribution in [0, 0.1) is 0 Å². The van der Waals surface area contributed by atoms with Crippen LogP contribution in [0.15, 0.2) is 37.1 Å². The summed E-state index contributed by atoms with van der Waals surface area (Å²) in [5.74, 6) is -0.0523. The molecular weight excluding hydrogens is 334 g/mol. The SMILES string of the molecule is O=C(c1ccncn1)N1CCC2(CC1)CC(Oc1ncccn1)CCO2. The Morgan fingerprint density at radius 3 is 2.73 bits per heavy atom. The van der Waals surface area contributed by atoms with Gasteiger partial charge in [0.2, 0.25) is 0 Å². The minimum absolute atomic E-state index is 0.0373. The van der Waals surface area contributed by atoms with Gasteiger partial charge >= 0.3 is 6.01 Å². The maximum absolute atomic E-state index is 12.5. The molecular formula is C18H21N5O3. The van der Waals surface area contributed by atoms with Gasteiger partial charge in [-0.05, 0) is 25.0 Å². The first-order chi connectivity index (χ1) is 12.7. The minimum Gasteiger partial charge on any atom is -0.460 e. The molecule has 4 rings (SSSR count). The van der Waals surface area contributed by atoms with Crippen LogP contribution in [0.4, 0.5) is 0 Å². The number of carbonyl (C=O) groups excluding carboxylic acids is 1. The van der Waals surface area contributed by atoms with Gasteiger partial charge in [-0.2, -0.15) is 0 Å². The number of piperidine rings is 1. The summed E-state index contributed by atoms with van der Waals surface area (Å²) in [7, 11) is 0. The summed E-state index contributed by atoms with van der Waals surface area (Å²) >= 11 is 0. The average molecular weight is 355 g/mol. The smallest absolute Gasteiger partial charge is 0.316 e. The molecule has 0 N–H and O–H groups in total. The predicted octanol–water partition coefficient (Wildman–Crippen LogP) is 1.50. The third kappa shape index (κ3) is 3.65. The first-order valence-corrected chi connectivity index (χ1v) is 8.87. The number of hydrogen-bond acceptors (Lipinski definition) is 7. The fourth-order valence-corrected chi connectivity index (χ4v) is 3.62. The lowest BCUT2D eigenvalue weighted by molar-refractivity contribution is -0.136. The van der Waals surface area contributed by atoms with Gasteiger partial charge in [0, 0.05) is 44.5 Å². The Morgan fingerprint density at radius 1 is 1.19 bits per heavy atom. The zero-order valence-electron chi connectivity index (χ0n) is 14.5. The molecule has 0 bridgehead atoms. The maximum Gasteiger partial charge on any atom is 0.316 e. The lowest BCUT2D eigenvalue weighted by Gasteiger charge is -2.45. The number of ether oxygens (including phenoxy) is 2. The molecule has 1 amide bonds. The third-order valence-electron chi connectivity index (χ3n) is 5.02. The molecule has 0 aliphatic carbocycles. The van der Waals surface area contributed by atoms with Crippen molar-refractivity contribution in [2.24, 2.45) is 0 Å². The Morgan fingerprint density at radius 2 is 2.00 bits per heavy atom. The molecule has 0 radical (unpaired) electrons. The summed E-state index contributed by atoms with van der Waals surface area (Å²) in [4.78, 5) is 30.5. The van der Waals surface area contributed by atoms with Gasteiger partial charge in [-0.15, -0.1) is 0 Å². The number of carbonyl (C=O) groups is 1. The summed E-state index contributed by atoms with van der Waals surface area (Å²) in [6.07, 6.45) is 9.57. The van der Waals surface area contributed by atoms with E-state index in [9.17, 15) is 4.79 Å². The average Bonchev–Trinajstić information content (AvgIpc) is 2.70. The van der Waals surface area contributed by atoms with Gasteiger partial charge in [0.1, 0.15) is 18.1 Å². The van der Waals surface area contributed by atoms with E-state index in [1.165, 1.54) is 6.33 Å². The number of hydrogen-bond donors (Lipinski definition) is 0. The first-order valence-electron chi connectivity index (χ1n) is 8.87. The van der Waals surface area contributed by atoms with Gasteiger partial charge in [-0.3, -0.25) is 4.79 Å². The molecule has 26 heavy (non-hydrogen) atoms. The highest BCUT2D eigenvalue weighted by Crippen LogP contribution is 2.36. The second-order valence-electron chi connectivity index (χ2n) is 6.68. The molecule has 2 fully saturated rings. The predicted molar refractivity (Wildman–Crippen MR) is 91.5 cm³/mol. The normalized spacial score (nSPS) is 22.2. The van der Waals surface area contributed by atoms with Crippen molar-refractivity contribution in [2.45, 2.75) is 37.4 Å². The van der Waals surface area contributed by atoms with E-state index < -0.39 is 0 Å². The van der Waals surface area contributed by atoms with Crippen molar-refractivity contribution < 1.29 is 14.3 Å². The number of nitrogens with zero attached hydrogens (tertiary/aromatic N) is 5. The van der Waals surface area contributed by atoms with E-state index in [1.807, 2.05) is 4.90 Å². The summed E-state index contributed by atoms with van der Waals surface area (Å²) in [5, 5.41) is 0. The van der Waals surface area contributed by atoms with Crippen molar-refractivity contribution in [1.82, 2.24) is 24.8 Å². The van der Waals surface area contributed by atoms with E-state index in [1.54, 1.807) is 30.7 Å². The molecule has 2 aromatic rings. The number of amides is 1. The van der Waals surface area contributed by atoms with Crippen LogP contribution in [-0.4, -0.2) is 62.1 Å². The van der Waals surface area contributed by atoms with Crippen LogP contribution in [0.2, 0.25) is 0 Å². The topological polar surface area (TPSA) is 90.3 Å². The van der Waals surface area contributed by atoms with E-state index >= 15 is 0 Å². The van der Waals surface area contributed by atoms with E-state index in [4.69, 9.17) is 9.47 Å². The zero-order valence-corrected chi connectivity index (χ0v) is 14.5. The molecule has 1 spiro atoms. The molecule has 4 heterocycles. The van der Waals surface area contributed by atoms with Crippen LogP contribution in [-0.2, 0) is 4.74 Å². The summed E-state index contributed by atoms with van der Waals surface area (Å²) in [6, 6.07) is 3.82. The highest BCUT2D eigenvalue weighted by molar-refractivity contribution is 5.92. The molecule has 1 atom stereocenters. The molecule has 2 saturated heterocycles. The van der Waals surface area contributed by atoms with E-state index in [0.717, 1.165) is 25.7 Å². The monoisotopic (exact) mass is 355 g/mol. The largest absolute Gasteiger partial charge is 0.460 e. The van der Waals surface area contributed by atoms with Crippen LogP contribution in [0.1, 0.15) is 36.2 Å². The second-order valence-corrected chi connectivity index (χ2v) is 6.68. The quantitative estimate of drug-likeness (QED) is 0.824. The van der Waals surface area contributed by atoms with Crippen molar-refractivity contribution in [3.05, 3.63) is 42.7 Å². The Labute approximate surface area is 151 Å². The maximum atomic E-state index is 12.5. The summed E-state index contributed by atoms with van der Waals surface area (Å²) in [5.41, 5.74) is 0.197. The van der Waals surface area contributed by atoms with Crippen molar-refractivity contribution in [3.63, 3.8) is 0 Å². The van der Waals surface area contributed by atoms with Gasteiger partial charge in [-0.25, -0.2) is 19.9 Å². The minimum atomic E-state index is -0.236. The Bertz CT molecular complexity index is 735. The molecule has 8 nitrogen and oxygen atoms in total. The van der Waals surface area contributed by atoms with Gasteiger partial charge < -0.3 is 14.4 Å². The van der Waals surface area contributed by atoms with Crippen LogP contribution >= 0.6 is 0 Å². The first kappa shape index (κ1) is 16.8. The number of likely N-dealkylation sites (tertiary alicyclic amines) is 1. The van der Waals surface area contributed by atoms with Gasteiger partial charge in [-0.1, -0.05) is 0 Å². The lowest BCUT2D eigenvalue weighted by Crippen LogP contribution is -2.52. The molecule has 2 aliphatic heterocycles. The molecule has 0 aromatic carbocycles. The lowest BCUT2D eigenvalue weighted by atomic mass is 9.83. The number of aromatic nitrogens is 4. The van der Waals surface area contributed by atoms with Crippen molar-refractivity contribution >= 4 is 5.91 Å². The molecule has 2 aromatic heterocycles. The van der Waals surface area contributed by atoms with Crippen LogP contribution in [0.5, 0.6) is 6.01 Å². The Balaban J connectivity index is 1.36. The fourth-order valence-electron chi connectivity index (χ4n) is 3.62. The van der Waals surface area contributed by atoms with Gasteiger partial charge in [0.05, 0.1) is 12.2 Å². The van der Waals surface area contributed by atoms with Crippen molar-refractivity contribution in [2.75, 3.05) is 19.7 Å². The second kappa shape index (κ2) is 7.33. The van der Waals surface area contributed by atoms with Crippen molar-refractivity contribution in [3.8, 4) is 6.01 Å². The molecule has 1 unspecified atom stereocenters. The summed E-state index contributed by atoms with van der Waals surface area (Å²) < 4.78 is 12.1. The van der Waals surface area contributed by atoms with E-state index in [0.29, 0.717) is 31.4 Å². The fraction of sp³-hybridized carbons (Fsp3) is 0.500. The molecule has 136 valence electrons. The standard InChI is InChI=1S/C18H21N5O3/c24-16(15-2-8-19-13-22-15)23-9-4-18(5-10-23)12-14(3-11-25-18)26-17-20-6-1-7-21-17/h1-2,6-8,13-14H,3-5,9-12H2. The van der Waals surface area contributed by atoms with Gasteiger partial charge in [0.15, 0.2) is 0 Å². The Kier molecular flexibility index (Phi) is 4.75.